The van der Waals surface area contributed by atoms with Crippen molar-refractivity contribution in [3.8, 4) is 0 Å². The van der Waals surface area contributed by atoms with Crippen molar-refractivity contribution in [3.05, 3.63) is 6.20 Å². The number of hydrogen-bond donors (Lipinski definition) is 2. The fraction of sp³-hybridized carbons (Fsp3) is 0.500. The Balaban J connectivity index is 2.06. The Morgan fingerprint density at radius 3 is 3.24 bits per heavy atom. The topological polar surface area (TPSA) is 83.7 Å². The van der Waals surface area contributed by atoms with Gasteiger partial charge in [0.2, 0.25) is 5.95 Å². The number of hydrogen-bond acceptors (Lipinski definition) is 6. The first kappa shape index (κ1) is 10.6. The molecule has 6 nitrogen and oxygen atoms in total. The van der Waals surface area contributed by atoms with Crippen molar-refractivity contribution in [2.45, 2.75) is 12.2 Å². The number of nitrogens with two attached hydrogens (primary N) is 1. The van der Waals surface area contributed by atoms with Crippen molar-refractivity contribution in [1.82, 2.24) is 20.2 Å². The number of nitrogen functional groups attached to an aromatic ring is 1. The highest BCUT2D eigenvalue weighted by Gasteiger charge is 2.21. The Labute approximate surface area is 103 Å². The van der Waals surface area contributed by atoms with E-state index in [-0.39, 0.29) is 0 Å². The van der Waals surface area contributed by atoms with E-state index in [0.717, 1.165) is 30.0 Å². The van der Waals surface area contributed by atoms with Gasteiger partial charge in [0, 0.05) is 24.1 Å². The molecule has 3 heterocycles. The molecule has 1 fully saturated rings. The third-order valence-corrected chi connectivity index (χ3v) is 3.98. The quantitative estimate of drug-likeness (QED) is 0.781. The van der Waals surface area contributed by atoms with E-state index < -0.39 is 0 Å². The first-order chi connectivity index (χ1) is 8.24. The Kier molecular flexibility index (Phi) is 2.54. The molecule has 3 N–H and O–H groups in total. The van der Waals surface area contributed by atoms with Gasteiger partial charge in [0.15, 0.2) is 5.65 Å². The first-order valence-electron chi connectivity index (χ1n) is 5.57. The molecule has 1 saturated heterocycles. The highest BCUT2D eigenvalue weighted by molar-refractivity contribution is 8.00. The third-order valence-electron chi connectivity index (χ3n) is 2.85. The van der Waals surface area contributed by atoms with Crippen LogP contribution in [0.15, 0.2) is 6.20 Å². The van der Waals surface area contributed by atoms with Crippen LogP contribution in [-0.4, -0.2) is 44.3 Å². The van der Waals surface area contributed by atoms with Gasteiger partial charge in [0.1, 0.15) is 5.82 Å². The van der Waals surface area contributed by atoms with Gasteiger partial charge >= 0.3 is 0 Å². The summed E-state index contributed by atoms with van der Waals surface area (Å²) in [7, 11) is 0. The van der Waals surface area contributed by atoms with Crippen LogP contribution in [0.1, 0.15) is 6.92 Å². The molecule has 0 amide bonds. The molecule has 90 valence electrons. The zero-order valence-corrected chi connectivity index (χ0v) is 10.4. The number of nitrogens with one attached hydrogen (secondary N) is 1. The van der Waals surface area contributed by atoms with E-state index >= 15 is 0 Å². The molecule has 0 spiro atoms. The van der Waals surface area contributed by atoms with Crippen LogP contribution in [0.3, 0.4) is 0 Å². The summed E-state index contributed by atoms with van der Waals surface area (Å²) >= 11 is 1.99. The maximum absolute atomic E-state index is 5.72. The second-order valence-corrected chi connectivity index (χ2v) is 5.71. The van der Waals surface area contributed by atoms with E-state index in [4.69, 9.17) is 5.73 Å². The molecule has 0 bridgehead atoms. The lowest BCUT2D eigenvalue weighted by atomic mass is 10.3. The van der Waals surface area contributed by atoms with Gasteiger partial charge < -0.3 is 10.6 Å². The minimum absolute atomic E-state index is 0.294. The second kappa shape index (κ2) is 4.06. The van der Waals surface area contributed by atoms with Crippen LogP contribution in [0.5, 0.6) is 0 Å². The number of nitrogens with zero attached hydrogens (tertiary/aromatic N) is 4. The predicted molar refractivity (Wildman–Crippen MR) is 70.2 cm³/mol. The fourth-order valence-corrected chi connectivity index (χ4v) is 3.10. The van der Waals surface area contributed by atoms with Gasteiger partial charge in [0.05, 0.1) is 11.6 Å². The van der Waals surface area contributed by atoms with Crippen molar-refractivity contribution in [1.29, 1.82) is 0 Å². The predicted octanol–water partition coefficient (Wildman–Crippen LogP) is 0.877. The second-order valence-electron chi connectivity index (χ2n) is 4.17. The summed E-state index contributed by atoms with van der Waals surface area (Å²) < 4.78 is 0. The number of aromatic amines is 1. The monoisotopic (exact) mass is 250 g/mol. The van der Waals surface area contributed by atoms with Crippen molar-refractivity contribution in [3.63, 3.8) is 0 Å². The third kappa shape index (κ3) is 1.90. The van der Waals surface area contributed by atoms with Crippen LogP contribution in [-0.2, 0) is 0 Å². The van der Waals surface area contributed by atoms with E-state index in [9.17, 15) is 0 Å². The average Bonchev–Trinajstić information content (AvgIpc) is 2.75. The lowest BCUT2D eigenvalue weighted by Gasteiger charge is -2.31. The summed E-state index contributed by atoms with van der Waals surface area (Å²) in [5.74, 6) is 2.31. The molecule has 7 heteroatoms. The van der Waals surface area contributed by atoms with Crippen molar-refractivity contribution < 1.29 is 0 Å². The van der Waals surface area contributed by atoms with Gasteiger partial charge in [-0.3, -0.25) is 5.10 Å². The maximum atomic E-state index is 5.72. The molecular formula is C10H14N6S. The largest absolute Gasteiger partial charge is 0.368 e. The Morgan fingerprint density at radius 1 is 1.53 bits per heavy atom. The summed E-state index contributed by atoms with van der Waals surface area (Å²) in [6.45, 7) is 4.21. The highest BCUT2D eigenvalue weighted by atomic mass is 32.2. The van der Waals surface area contributed by atoms with Crippen molar-refractivity contribution in [2.24, 2.45) is 0 Å². The average molecular weight is 250 g/mol. The number of H-pyrrole nitrogens is 1. The molecule has 2 aromatic heterocycles. The Hall–Kier alpha value is -1.50. The van der Waals surface area contributed by atoms with Gasteiger partial charge in [0.25, 0.3) is 0 Å². The molecule has 0 aliphatic carbocycles. The molecule has 0 aromatic carbocycles. The molecule has 2 aromatic rings. The van der Waals surface area contributed by atoms with Crippen LogP contribution >= 0.6 is 11.8 Å². The lowest BCUT2D eigenvalue weighted by molar-refractivity contribution is 0.773. The van der Waals surface area contributed by atoms with E-state index in [1.807, 2.05) is 11.8 Å². The Bertz CT molecular complexity index is 539. The summed E-state index contributed by atoms with van der Waals surface area (Å²) in [6.07, 6.45) is 1.76. The van der Waals surface area contributed by atoms with E-state index in [2.05, 4.69) is 32.0 Å². The van der Waals surface area contributed by atoms with Gasteiger partial charge in [-0.1, -0.05) is 6.92 Å². The molecule has 1 aliphatic heterocycles. The molecule has 0 saturated carbocycles. The van der Waals surface area contributed by atoms with Crippen LogP contribution in [0.4, 0.5) is 11.8 Å². The molecule has 1 atom stereocenters. The number of anilines is 2. The summed E-state index contributed by atoms with van der Waals surface area (Å²) in [5.41, 5.74) is 6.43. The lowest BCUT2D eigenvalue weighted by Crippen LogP contribution is -2.37. The van der Waals surface area contributed by atoms with Gasteiger partial charge in [-0.2, -0.15) is 26.8 Å². The van der Waals surface area contributed by atoms with E-state index in [0.29, 0.717) is 16.8 Å². The Morgan fingerprint density at radius 2 is 2.41 bits per heavy atom. The molecule has 0 radical (unpaired) electrons. The van der Waals surface area contributed by atoms with Gasteiger partial charge in [-0.15, -0.1) is 0 Å². The summed E-state index contributed by atoms with van der Waals surface area (Å²) in [4.78, 5) is 10.7. The number of aromatic nitrogens is 4. The molecule has 3 rings (SSSR count). The molecule has 1 aliphatic rings. The number of thioether (sulfide) groups is 1. The van der Waals surface area contributed by atoms with E-state index in [1.54, 1.807) is 6.20 Å². The normalized spacial score (nSPS) is 21.0. The standard InChI is InChI=1S/C10H14N6S/c1-6-5-16(2-3-17-6)9-7-4-12-15-8(7)13-10(11)14-9/h4,6H,2-3,5H2,1H3,(H3,11,12,13,14,15). The van der Waals surface area contributed by atoms with Crippen LogP contribution in [0.2, 0.25) is 0 Å². The van der Waals surface area contributed by atoms with Crippen LogP contribution in [0.25, 0.3) is 11.0 Å². The summed E-state index contributed by atoms with van der Waals surface area (Å²) in [5, 5.41) is 8.40. The van der Waals surface area contributed by atoms with E-state index in [1.165, 1.54) is 0 Å². The number of fused-ring (bicyclic) bond motifs is 1. The van der Waals surface area contributed by atoms with Gasteiger partial charge in [-0.05, 0) is 0 Å². The van der Waals surface area contributed by atoms with Crippen LogP contribution < -0.4 is 10.6 Å². The SMILES string of the molecule is CC1CN(c2nc(N)nc3[nH]ncc23)CCS1. The van der Waals surface area contributed by atoms with Gasteiger partial charge in [-0.25, -0.2) is 0 Å². The molecule has 1 unspecified atom stereocenters. The fourth-order valence-electron chi connectivity index (χ4n) is 2.09. The minimum atomic E-state index is 0.294. The zero-order valence-electron chi connectivity index (χ0n) is 9.55. The first-order valence-corrected chi connectivity index (χ1v) is 6.62. The highest BCUT2D eigenvalue weighted by Crippen LogP contribution is 2.27. The molecule has 17 heavy (non-hydrogen) atoms. The van der Waals surface area contributed by atoms with Crippen molar-refractivity contribution >= 4 is 34.6 Å². The smallest absolute Gasteiger partial charge is 0.224 e. The van der Waals surface area contributed by atoms with Crippen LogP contribution in [0, 0.1) is 0 Å². The maximum Gasteiger partial charge on any atom is 0.224 e. The zero-order chi connectivity index (χ0) is 11.8. The number of rotatable bonds is 1. The summed E-state index contributed by atoms with van der Waals surface area (Å²) in [6, 6.07) is 0. The van der Waals surface area contributed by atoms with Crippen molar-refractivity contribution in [2.75, 3.05) is 29.5 Å². The molecular weight excluding hydrogens is 236 g/mol. The minimum Gasteiger partial charge on any atom is -0.368 e.